The Hall–Kier alpha value is -1.29. The van der Waals surface area contributed by atoms with Crippen LogP contribution >= 0.6 is 11.8 Å². The zero-order valence-corrected chi connectivity index (χ0v) is 9.92. The van der Waals surface area contributed by atoms with Gasteiger partial charge in [0.25, 0.3) is 0 Å². The van der Waals surface area contributed by atoms with Crippen LogP contribution in [0.1, 0.15) is 5.56 Å². The summed E-state index contributed by atoms with van der Waals surface area (Å²) >= 11 is 1.80. The van der Waals surface area contributed by atoms with Gasteiger partial charge in [-0.15, -0.1) is 0 Å². The van der Waals surface area contributed by atoms with Crippen LogP contribution in [0.2, 0.25) is 0 Å². The van der Waals surface area contributed by atoms with E-state index in [-0.39, 0.29) is 11.0 Å². The molecular weight excluding hydrogens is 220 g/mol. The average Bonchev–Trinajstić information content (AvgIpc) is 2.23. The maximum Gasteiger partial charge on any atom is 0.0122 e. The Kier molecular flexibility index (Phi) is 6.49. The fourth-order valence-corrected chi connectivity index (χ4v) is 2.07. The van der Waals surface area contributed by atoms with Gasteiger partial charge in [-0.3, -0.25) is 0 Å². The standard InChI is InChI=1S/C13H12S.2H2O/c1-11-7-9-13(10-8-11)14-12-5-3-2-4-6-12;;/h2-10H,1H3;2*1H2. The molecule has 0 fully saturated rings. The van der Waals surface area contributed by atoms with Gasteiger partial charge >= 0.3 is 0 Å². The van der Waals surface area contributed by atoms with Crippen LogP contribution in [0.25, 0.3) is 0 Å². The van der Waals surface area contributed by atoms with Gasteiger partial charge in [-0.25, -0.2) is 0 Å². The maximum absolute atomic E-state index is 2.16. The van der Waals surface area contributed by atoms with Gasteiger partial charge < -0.3 is 11.0 Å². The summed E-state index contributed by atoms with van der Waals surface area (Å²) in [6, 6.07) is 19.0. The average molecular weight is 236 g/mol. The first-order valence-corrected chi connectivity index (χ1v) is 5.46. The first-order chi connectivity index (χ1) is 6.84. The Morgan fingerprint density at radius 1 is 0.688 bits per heavy atom. The van der Waals surface area contributed by atoms with E-state index in [4.69, 9.17) is 0 Å². The van der Waals surface area contributed by atoms with Gasteiger partial charge in [0, 0.05) is 9.79 Å². The Bertz CT molecular complexity index is 398. The third-order valence-corrected chi connectivity index (χ3v) is 3.02. The second-order valence-electron chi connectivity index (χ2n) is 3.23. The first-order valence-electron chi connectivity index (χ1n) is 4.64. The molecule has 0 aliphatic heterocycles. The molecule has 2 nitrogen and oxygen atoms in total. The second-order valence-corrected chi connectivity index (χ2v) is 4.38. The molecule has 0 aliphatic carbocycles. The van der Waals surface area contributed by atoms with Crippen molar-refractivity contribution < 1.29 is 11.0 Å². The highest BCUT2D eigenvalue weighted by Gasteiger charge is 1.94. The minimum absolute atomic E-state index is 0. The summed E-state index contributed by atoms with van der Waals surface area (Å²) in [6.07, 6.45) is 0. The lowest BCUT2D eigenvalue weighted by Crippen LogP contribution is -1.74. The van der Waals surface area contributed by atoms with E-state index in [1.165, 1.54) is 15.4 Å². The molecule has 86 valence electrons. The summed E-state index contributed by atoms with van der Waals surface area (Å²) in [5.74, 6) is 0. The summed E-state index contributed by atoms with van der Waals surface area (Å²) in [7, 11) is 0. The third kappa shape index (κ3) is 4.06. The molecule has 0 aromatic heterocycles. The van der Waals surface area contributed by atoms with Gasteiger partial charge in [0.2, 0.25) is 0 Å². The Balaban J connectivity index is 0.00000112. The second kappa shape index (κ2) is 7.06. The molecule has 16 heavy (non-hydrogen) atoms. The highest BCUT2D eigenvalue weighted by molar-refractivity contribution is 7.99. The van der Waals surface area contributed by atoms with Gasteiger partial charge in [-0.2, -0.15) is 0 Å². The van der Waals surface area contributed by atoms with Crippen molar-refractivity contribution in [2.45, 2.75) is 16.7 Å². The fourth-order valence-electron chi connectivity index (χ4n) is 1.23. The van der Waals surface area contributed by atoms with E-state index < -0.39 is 0 Å². The molecule has 0 spiro atoms. The highest BCUT2D eigenvalue weighted by Crippen LogP contribution is 2.26. The lowest BCUT2D eigenvalue weighted by atomic mass is 10.2. The molecule has 0 saturated carbocycles. The summed E-state index contributed by atoms with van der Waals surface area (Å²) < 4.78 is 0. The van der Waals surface area contributed by atoms with Gasteiger partial charge in [-0.1, -0.05) is 47.7 Å². The van der Waals surface area contributed by atoms with E-state index in [2.05, 4.69) is 55.5 Å². The minimum Gasteiger partial charge on any atom is -0.412 e. The summed E-state index contributed by atoms with van der Waals surface area (Å²) in [4.78, 5) is 2.58. The molecule has 0 aliphatic rings. The van der Waals surface area contributed by atoms with E-state index >= 15 is 0 Å². The Morgan fingerprint density at radius 3 is 1.75 bits per heavy atom. The molecule has 0 bridgehead atoms. The van der Waals surface area contributed by atoms with Crippen LogP contribution in [0.5, 0.6) is 0 Å². The van der Waals surface area contributed by atoms with Gasteiger partial charge in [-0.05, 0) is 31.2 Å². The quantitative estimate of drug-likeness (QED) is 0.790. The molecule has 0 radical (unpaired) electrons. The molecule has 2 aromatic rings. The predicted molar refractivity (Wildman–Crippen MR) is 69.0 cm³/mol. The zero-order valence-electron chi connectivity index (χ0n) is 9.10. The van der Waals surface area contributed by atoms with E-state index in [1.54, 1.807) is 11.8 Å². The molecule has 0 unspecified atom stereocenters. The molecule has 0 amide bonds. The van der Waals surface area contributed by atoms with Crippen LogP contribution in [0, 0.1) is 6.92 Å². The number of benzene rings is 2. The third-order valence-electron chi connectivity index (χ3n) is 2.00. The fraction of sp³-hybridized carbons (Fsp3) is 0.0769. The zero-order chi connectivity index (χ0) is 9.80. The van der Waals surface area contributed by atoms with Crippen LogP contribution in [0.3, 0.4) is 0 Å². The highest BCUT2D eigenvalue weighted by atomic mass is 32.2. The lowest BCUT2D eigenvalue weighted by Gasteiger charge is -2.01. The van der Waals surface area contributed by atoms with Crippen molar-refractivity contribution in [2.75, 3.05) is 0 Å². The van der Waals surface area contributed by atoms with Crippen molar-refractivity contribution in [3.05, 3.63) is 60.2 Å². The van der Waals surface area contributed by atoms with Crippen molar-refractivity contribution in [1.29, 1.82) is 0 Å². The molecule has 2 aromatic carbocycles. The summed E-state index contributed by atoms with van der Waals surface area (Å²) in [5, 5.41) is 0. The summed E-state index contributed by atoms with van der Waals surface area (Å²) in [6.45, 7) is 2.11. The van der Waals surface area contributed by atoms with Crippen molar-refractivity contribution in [2.24, 2.45) is 0 Å². The molecule has 0 heterocycles. The SMILES string of the molecule is Cc1ccc(Sc2ccccc2)cc1.O.O. The number of hydrogen-bond acceptors (Lipinski definition) is 1. The summed E-state index contributed by atoms with van der Waals surface area (Å²) in [5.41, 5.74) is 1.31. The Labute approximate surface area is 99.9 Å². The van der Waals surface area contributed by atoms with Crippen molar-refractivity contribution >= 4 is 11.8 Å². The van der Waals surface area contributed by atoms with Crippen LogP contribution in [0.15, 0.2) is 64.4 Å². The molecule has 4 N–H and O–H groups in total. The Morgan fingerprint density at radius 2 is 1.19 bits per heavy atom. The van der Waals surface area contributed by atoms with Gasteiger partial charge in [0.15, 0.2) is 0 Å². The number of hydrogen-bond donors (Lipinski definition) is 0. The first kappa shape index (κ1) is 14.7. The predicted octanol–water partition coefficient (Wildman–Crippen LogP) is 2.50. The minimum atomic E-state index is 0. The van der Waals surface area contributed by atoms with Crippen LogP contribution in [-0.4, -0.2) is 11.0 Å². The van der Waals surface area contributed by atoms with Crippen LogP contribution < -0.4 is 0 Å². The van der Waals surface area contributed by atoms with E-state index in [0.717, 1.165) is 0 Å². The van der Waals surface area contributed by atoms with E-state index in [0.29, 0.717) is 0 Å². The lowest BCUT2D eigenvalue weighted by molar-refractivity contribution is 0.823. The largest absolute Gasteiger partial charge is 0.412 e. The van der Waals surface area contributed by atoms with E-state index in [9.17, 15) is 0 Å². The molecule has 2 rings (SSSR count). The maximum atomic E-state index is 2.16. The molecule has 0 saturated heterocycles. The van der Waals surface area contributed by atoms with Crippen molar-refractivity contribution in [1.82, 2.24) is 0 Å². The normalized spacial score (nSPS) is 8.81. The van der Waals surface area contributed by atoms with Gasteiger partial charge in [0.05, 0.1) is 0 Å². The molecular formula is C13H16O2S. The smallest absolute Gasteiger partial charge is 0.0122 e. The van der Waals surface area contributed by atoms with Crippen molar-refractivity contribution in [3.63, 3.8) is 0 Å². The molecule has 0 atom stereocenters. The van der Waals surface area contributed by atoms with E-state index in [1.807, 2.05) is 6.07 Å². The number of rotatable bonds is 2. The van der Waals surface area contributed by atoms with Crippen molar-refractivity contribution in [3.8, 4) is 0 Å². The molecule has 3 heteroatoms. The topological polar surface area (TPSA) is 63.0 Å². The van der Waals surface area contributed by atoms with Crippen LogP contribution in [0.4, 0.5) is 0 Å². The van der Waals surface area contributed by atoms with Crippen LogP contribution in [-0.2, 0) is 0 Å². The monoisotopic (exact) mass is 236 g/mol. The van der Waals surface area contributed by atoms with Gasteiger partial charge in [0.1, 0.15) is 0 Å². The number of aryl methyl sites for hydroxylation is 1.